The van der Waals surface area contributed by atoms with E-state index in [0.717, 1.165) is 23.7 Å². The van der Waals surface area contributed by atoms with Crippen LogP contribution in [0.1, 0.15) is 38.3 Å². The standard InChI is InChI=1S/C11H16N2OS/c1-8-7-15-10(12-8)13-9(14)11(2)5-3-4-6-11/h7H,3-6H2,1-2H3,(H,12,13,14). The number of carbonyl (C=O) groups is 1. The van der Waals surface area contributed by atoms with Gasteiger partial charge in [0.05, 0.1) is 5.69 Å². The Hall–Kier alpha value is -0.900. The molecule has 1 amide bonds. The first kappa shape index (κ1) is 10.6. The smallest absolute Gasteiger partial charge is 0.232 e. The van der Waals surface area contributed by atoms with Crippen molar-refractivity contribution in [1.82, 2.24) is 4.98 Å². The normalized spacial score (nSPS) is 19.1. The first-order chi connectivity index (χ1) is 7.10. The quantitative estimate of drug-likeness (QED) is 0.839. The molecule has 0 aliphatic heterocycles. The minimum atomic E-state index is -0.167. The van der Waals surface area contributed by atoms with Crippen molar-refractivity contribution < 1.29 is 4.79 Å². The van der Waals surface area contributed by atoms with E-state index in [2.05, 4.69) is 17.2 Å². The van der Waals surface area contributed by atoms with Crippen LogP contribution in [0.3, 0.4) is 0 Å². The molecular formula is C11H16N2OS. The molecule has 4 heteroatoms. The number of anilines is 1. The molecule has 15 heavy (non-hydrogen) atoms. The molecule has 1 fully saturated rings. The lowest BCUT2D eigenvalue weighted by molar-refractivity contribution is -0.124. The van der Waals surface area contributed by atoms with Crippen molar-refractivity contribution in [1.29, 1.82) is 0 Å². The number of nitrogens with one attached hydrogen (secondary N) is 1. The molecule has 0 unspecified atom stereocenters. The van der Waals surface area contributed by atoms with Gasteiger partial charge >= 0.3 is 0 Å². The van der Waals surface area contributed by atoms with Gasteiger partial charge in [0.2, 0.25) is 5.91 Å². The maximum absolute atomic E-state index is 12.0. The summed E-state index contributed by atoms with van der Waals surface area (Å²) in [6.07, 6.45) is 4.34. The molecule has 1 heterocycles. The van der Waals surface area contributed by atoms with Crippen molar-refractivity contribution in [2.45, 2.75) is 39.5 Å². The van der Waals surface area contributed by atoms with E-state index in [4.69, 9.17) is 0 Å². The minimum Gasteiger partial charge on any atom is -0.301 e. The van der Waals surface area contributed by atoms with Gasteiger partial charge in [0.25, 0.3) is 0 Å². The second-order valence-corrected chi connectivity index (χ2v) is 5.37. The topological polar surface area (TPSA) is 42.0 Å². The third-order valence-corrected chi connectivity index (χ3v) is 3.97. The number of rotatable bonds is 2. The van der Waals surface area contributed by atoms with E-state index < -0.39 is 0 Å². The Labute approximate surface area is 93.9 Å². The highest BCUT2D eigenvalue weighted by Gasteiger charge is 2.36. The van der Waals surface area contributed by atoms with Crippen LogP contribution in [0.15, 0.2) is 5.38 Å². The molecule has 2 rings (SSSR count). The zero-order valence-electron chi connectivity index (χ0n) is 9.17. The van der Waals surface area contributed by atoms with Gasteiger partial charge in [-0.3, -0.25) is 4.79 Å². The van der Waals surface area contributed by atoms with Crippen molar-refractivity contribution in [3.63, 3.8) is 0 Å². The zero-order chi connectivity index (χ0) is 10.9. The molecule has 0 saturated heterocycles. The van der Waals surface area contributed by atoms with Crippen LogP contribution in [0, 0.1) is 12.3 Å². The van der Waals surface area contributed by atoms with Crippen molar-refractivity contribution in [3.05, 3.63) is 11.1 Å². The summed E-state index contributed by atoms with van der Waals surface area (Å²) in [7, 11) is 0. The molecule has 82 valence electrons. The highest BCUT2D eigenvalue weighted by atomic mass is 32.1. The van der Waals surface area contributed by atoms with Gasteiger partial charge in [-0.2, -0.15) is 0 Å². The first-order valence-corrected chi connectivity index (χ1v) is 6.22. The number of aromatic nitrogens is 1. The van der Waals surface area contributed by atoms with Crippen LogP contribution in [0.4, 0.5) is 5.13 Å². The lowest BCUT2D eigenvalue weighted by Crippen LogP contribution is -2.30. The van der Waals surface area contributed by atoms with Gasteiger partial charge in [-0.1, -0.05) is 19.8 Å². The Morgan fingerprint density at radius 3 is 2.73 bits per heavy atom. The van der Waals surface area contributed by atoms with Crippen molar-refractivity contribution in [2.75, 3.05) is 5.32 Å². The number of carbonyl (C=O) groups excluding carboxylic acids is 1. The zero-order valence-corrected chi connectivity index (χ0v) is 9.99. The maximum atomic E-state index is 12.0. The highest BCUT2D eigenvalue weighted by molar-refractivity contribution is 7.13. The summed E-state index contributed by atoms with van der Waals surface area (Å²) in [5.74, 6) is 0.134. The van der Waals surface area contributed by atoms with E-state index in [9.17, 15) is 4.79 Å². The highest BCUT2D eigenvalue weighted by Crippen LogP contribution is 2.38. The molecule has 1 aliphatic carbocycles. The maximum Gasteiger partial charge on any atom is 0.232 e. The monoisotopic (exact) mass is 224 g/mol. The van der Waals surface area contributed by atoms with Gasteiger partial charge in [-0.25, -0.2) is 4.98 Å². The molecule has 3 nitrogen and oxygen atoms in total. The van der Waals surface area contributed by atoms with Gasteiger partial charge in [0, 0.05) is 10.8 Å². The van der Waals surface area contributed by atoms with E-state index in [0.29, 0.717) is 0 Å². The number of thiazole rings is 1. The van der Waals surface area contributed by atoms with E-state index in [-0.39, 0.29) is 11.3 Å². The fourth-order valence-electron chi connectivity index (χ4n) is 2.04. The molecule has 1 aromatic heterocycles. The average Bonchev–Trinajstić information content (AvgIpc) is 2.76. The van der Waals surface area contributed by atoms with E-state index >= 15 is 0 Å². The number of amides is 1. The largest absolute Gasteiger partial charge is 0.301 e. The Balaban J connectivity index is 2.03. The summed E-state index contributed by atoms with van der Waals surface area (Å²) in [5.41, 5.74) is 0.798. The summed E-state index contributed by atoms with van der Waals surface area (Å²) in [6, 6.07) is 0. The van der Waals surface area contributed by atoms with Gasteiger partial charge in [-0.05, 0) is 19.8 Å². The molecule has 1 aliphatic rings. The molecule has 0 aromatic carbocycles. The van der Waals surface area contributed by atoms with Crippen LogP contribution < -0.4 is 5.32 Å². The second-order valence-electron chi connectivity index (χ2n) is 4.52. The van der Waals surface area contributed by atoms with E-state index in [1.54, 1.807) is 0 Å². The molecular weight excluding hydrogens is 208 g/mol. The number of hydrogen-bond donors (Lipinski definition) is 1. The van der Waals surface area contributed by atoms with E-state index in [1.165, 1.54) is 24.2 Å². The van der Waals surface area contributed by atoms with Crippen LogP contribution in [-0.2, 0) is 4.79 Å². The SMILES string of the molecule is Cc1csc(NC(=O)C2(C)CCCC2)n1. The van der Waals surface area contributed by atoms with Crippen LogP contribution in [-0.4, -0.2) is 10.9 Å². The summed E-state index contributed by atoms with van der Waals surface area (Å²) in [4.78, 5) is 16.2. The minimum absolute atomic E-state index is 0.134. The van der Waals surface area contributed by atoms with Crippen LogP contribution in [0.5, 0.6) is 0 Å². The number of aryl methyl sites for hydroxylation is 1. The fourth-order valence-corrected chi connectivity index (χ4v) is 2.72. The summed E-state index contributed by atoms with van der Waals surface area (Å²) in [6.45, 7) is 3.99. The Morgan fingerprint density at radius 2 is 2.20 bits per heavy atom. The third-order valence-electron chi connectivity index (χ3n) is 3.09. The Morgan fingerprint density at radius 1 is 1.53 bits per heavy atom. The third kappa shape index (κ3) is 2.20. The molecule has 1 N–H and O–H groups in total. The summed E-state index contributed by atoms with van der Waals surface area (Å²) in [5, 5.41) is 5.59. The number of nitrogens with zero attached hydrogens (tertiary/aromatic N) is 1. The lowest BCUT2D eigenvalue weighted by Gasteiger charge is -2.21. The molecule has 0 spiro atoms. The van der Waals surface area contributed by atoms with Gasteiger partial charge in [0.1, 0.15) is 0 Å². The molecule has 1 aromatic rings. The fraction of sp³-hybridized carbons (Fsp3) is 0.636. The van der Waals surface area contributed by atoms with Crippen molar-refractivity contribution >= 4 is 22.4 Å². The van der Waals surface area contributed by atoms with Crippen molar-refractivity contribution in [2.24, 2.45) is 5.41 Å². The molecule has 0 radical (unpaired) electrons. The Bertz CT molecular complexity index is 366. The van der Waals surface area contributed by atoms with Crippen molar-refractivity contribution in [3.8, 4) is 0 Å². The molecule has 1 saturated carbocycles. The van der Waals surface area contributed by atoms with Gasteiger partial charge < -0.3 is 5.32 Å². The second kappa shape index (κ2) is 3.93. The van der Waals surface area contributed by atoms with Crippen LogP contribution in [0.2, 0.25) is 0 Å². The molecule has 0 atom stereocenters. The average molecular weight is 224 g/mol. The van der Waals surface area contributed by atoms with Gasteiger partial charge in [-0.15, -0.1) is 11.3 Å². The first-order valence-electron chi connectivity index (χ1n) is 5.34. The lowest BCUT2D eigenvalue weighted by atomic mass is 9.88. The van der Waals surface area contributed by atoms with Gasteiger partial charge in [0.15, 0.2) is 5.13 Å². The molecule has 0 bridgehead atoms. The summed E-state index contributed by atoms with van der Waals surface area (Å²) >= 11 is 1.49. The predicted octanol–water partition coefficient (Wildman–Crippen LogP) is 2.97. The Kier molecular flexibility index (Phi) is 2.78. The number of hydrogen-bond acceptors (Lipinski definition) is 3. The van der Waals surface area contributed by atoms with E-state index in [1.807, 2.05) is 12.3 Å². The predicted molar refractivity (Wildman–Crippen MR) is 62.1 cm³/mol. The summed E-state index contributed by atoms with van der Waals surface area (Å²) < 4.78 is 0. The van der Waals surface area contributed by atoms with Crippen LogP contribution >= 0.6 is 11.3 Å². The van der Waals surface area contributed by atoms with Crippen LogP contribution in [0.25, 0.3) is 0 Å².